The van der Waals surface area contributed by atoms with Crippen molar-refractivity contribution in [2.24, 2.45) is 0 Å². The average molecular weight is 401 g/mol. The molecule has 1 aromatic heterocycles. The molecule has 4 rings (SSSR count). The van der Waals surface area contributed by atoms with E-state index in [9.17, 15) is 4.79 Å². The van der Waals surface area contributed by atoms with Crippen LogP contribution in [-0.4, -0.2) is 10.9 Å². The molecule has 4 heteroatoms. The smallest absolute Gasteiger partial charge is 0.256 e. The summed E-state index contributed by atoms with van der Waals surface area (Å²) in [6.45, 7) is 4.06. The zero-order valence-corrected chi connectivity index (χ0v) is 17.1. The summed E-state index contributed by atoms with van der Waals surface area (Å²) < 4.78 is 0. The van der Waals surface area contributed by atoms with Gasteiger partial charge in [0, 0.05) is 21.7 Å². The molecule has 0 aliphatic heterocycles. The third-order valence-electron chi connectivity index (χ3n) is 5.05. The van der Waals surface area contributed by atoms with Gasteiger partial charge in [-0.25, -0.2) is 4.98 Å². The van der Waals surface area contributed by atoms with Crippen LogP contribution in [0.5, 0.6) is 0 Å². The van der Waals surface area contributed by atoms with Crippen molar-refractivity contribution in [3.8, 4) is 11.3 Å². The standard InChI is InChI=1S/C25H21ClN2O/c1-3-17-9-11-18(12-10-17)24-15-21(20-6-4-5-7-23(20)28-24)25(29)27-19-13-8-16(2)22(26)14-19/h4-15H,3H2,1-2H3,(H,27,29). The predicted octanol–water partition coefficient (Wildman–Crippen LogP) is 6.68. The van der Waals surface area contributed by atoms with Crippen LogP contribution in [0.3, 0.4) is 0 Å². The molecule has 1 N–H and O–H groups in total. The summed E-state index contributed by atoms with van der Waals surface area (Å²) in [6, 6.07) is 23.4. The first kappa shape index (κ1) is 19.2. The van der Waals surface area contributed by atoms with E-state index in [-0.39, 0.29) is 5.91 Å². The number of hydrogen-bond donors (Lipinski definition) is 1. The van der Waals surface area contributed by atoms with Gasteiger partial charge >= 0.3 is 0 Å². The van der Waals surface area contributed by atoms with Crippen LogP contribution in [-0.2, 0) is 6.42 Å². The van der Waals surface area contributed by atoms with Crippen LogP contribution < -0.4 is 5.32 Å². The van der Waals surface area contributed by atoms with E-state index in [1.807, 2.05) is 49.4 Å². The van der Waals surface area contributed by atoms with E-state index < -0.39 is 0 Å². The van der Waals surface area contributed by atoms with Crippen molar-refractivity contribution in [3.63, 3.8) is 0 Å². The van der Waals surface area contributed by atoms with Gasteiger partial charge in [-0.05, 0) is 48.7 Å². The molecule has 0 fully saturated rings. The zero-order valence-electron chi connectivity index (χ0n) is 16.4. The molecule has 0 atom stereocenters. The number of fused-ring (bicyclic) bond motifs is 1. The van der Waals surface area contributed by atoms with E-state index in [4.69, 9.17) is 16.6 Å². The summed E-state index contributed by atoms with van der Waals surface area (Å²) >= 11 is 6.21. The molecule has 0 bridgehead atoms. The van der Waals surface area contributed by atoms with E-state index in [1.165, 1.54) is 5.56 Å². The molecule has 1 heterocycles. The number of amides is 1. The number of nitrogens with zero attached hydrogens (tertiary/aromatic N) is 1. The summed E-state index contributed by atoms with van der Waals surface area (Å²) in [7, 11) is 0. The minimum atomic E-state index is -0.185. The number of halogens is 1. The lowest BCUT2D eigenvalue weighted by Gasteiger charge is -2.11. The number of aryl methyl sites for hydroxylation is 2. The Bertz CT molecular complexity index is 1200. The Kier molecular flexibility index (Phi) is 5.32. The molecule has 0 spiro atoms. The fourth-order valence-electron chi connectivity index (χ4n) is 3.29. The normalized spacial score (nSPS) is 10.9. The Morgan fingerprint density at radius 1 is 1.00 bits per heavy atom. The fourth-order valence-corrected chi connectivity index (χ4v) is 3.47. The van der Waals surface area contributed by atoms with Gasteiger partial charge in [0.2, 0.25) is 0 Å². The minimum absolute atomic E-state index is 0.185. The highest BCUT2D eigenvalue weighted by Gasteiger charge is 2.14. The van der Waals surface area contributed by atoms with Gasteiger partial charge in [-0.1, -0.05) is 67.1 Å². The van der Waals surface area contributed by atoms with Gasteiger partial charge in [-0.15, -0.1) is 0 Å². The molecule has 3 aromatic carbocycles. The van der Waals surface area contributed by atoms with Crippen molar-refractivity contribution in [1.29, 1.82) is 0 Å². The number of nitrogens with one attached hydrogen (secondary N) is 1. The highest BCUT2D eigenvalue weighted by Crippen LogP contribution is 2.27. The van der Waals surface area contributed by atoms with Crippen LogP contribution in [0.4, 0.5) is 5.69 Å². The lowest BCUT2D eigenvalue weighted by atomic mass is 10.0. The van der Waals surface area contributed by atoms with Crippen molar-refractivity contribution >= 4 is 34.1 Å². The molecule has 0 unspecified atom stereocenters. The fraction of sp³-hybridized carbons (Fsp3) is 0.120. The first-order valence-electron chi connectivity index (χ1n) is 9.62. The maximum Gasteiger partial charge on any atom is 0.256 e. The highest BCUT2D eigenvalue weighted by atomic mass is 35.5. The van der Waals surface area contributed by atoms with Crippen molar-refractivity contribution in [3.05, 3.63) is 94.5 Å². The molecular formula is C25H21ClN2O. The van der Waals surface area contributed by atoms with Crippen LogP contribution >= 0.6 is 11.6 Å². The van der Waals surface area contributed by atoms with Gasteiger partial charge in [0.25, 0.3) is 5.91 Å². The highest BCUT2D eigenvalue weighted by molar-refractivity contribution is 6.31. The van der Waals surface area contributed by atoms with Crippen LogP contribution in [0.2, 0.25) is 5.02 Å². The molecule has 3 nitrogen and oxygen atoms in total. The number of aromatic nitrogens is 1. The van der Waals surface area contributed by atoms with E-state index in [1.54, 1.807) is 6.07 Å². The molecule has 0 radical (unpaired) electrons. The average Bonchev–Trinajstić information content (AvgIpc) is 2.75. The maximum atomic E-state index is 13.1. The lowest BCUT2D eigenvalue weighted by molar-refractivity contribution is 0.102. The van der Waals surface area contributed by atoms with E-state index in [0.717, 1.165) is 34.1 Å². The Morgan fingerprint density at radius 2 is 1.76 bits per heavy atom. The summed E-state index contributed by atoms with van der Waals surface area (Å²) in [4.78, 5) is 17.9. The second kappa shape index (κ2) is 8.06. The number of benzene rings is 3. The van der Waals surface area contributed by atoms with Gasteiger partial charge in [0.15, 0.2) is 0 Å². The SMILES string of the molecule is CCc1ccc(-c2cc(C(=O)Nc3ccc(C)c(Cl)c3)c3ccccc3n2)cc1. The van der Waals surface area contributed by atoms with E-state index >= 15 is 0 Å². The number of pyridine rings is 1. The second-order valence-electron chi connectivity index (χ2n) is 7.04. The van der Waals surface area contributed by atoms with Gasteiger partial charge in [0.1, 0.15) is 0 Å². The largest absolute Gasteiger partial charge is 0.322 e. The lowest BCUT2D eigenvalue weighted by Crippen LogP contribution is -2.13. The van der Waals surface area contributed by atoms with Crippen LogP contribution in [0.1, 0.15) is 28.4 Å². The Morgan fingerprint density at radius 3 is 2.48 bits per heavy atom. The van der Waals surface area contributed by atoms with Crippen molar-refractivity contribution < 1.29 is 4.79 Å². The zero-order chi connectivity index (χ0) is 20.4. The van der Waals surface area contributed by atoms with E-state index in [0.29, 0.717) is 16.3 Å². The molecule has 144 valence electrons. The minimum Gasteiger partial charge on any atom is -0.322 e. The van der Waals surface area contributed by atoms with E-state index in [2.05, 4.69) is 36.5 Å². The Balaban J connectivity index is 1.77. The quantitative estimate of drug-likeness (QED) is 0.415. The summed E-state index contributed by atoms with van der Waals surface area (Å²) in [5.41, 5.74) is 6.04. The number of carbonyl (C=O) groups excluding carboxylic acids is 1. The van der Waals surface area contributed by atoms with Crippen molar-refractivity contribution in [1.82, 2.24) is 4.98 Å². The maximum absolute atomic E-state index is 13.1. The third kappa shape index (κ3) is 4.01. The first-order valence-corrected chi connectivity index (χ1v) is 9.99. The molecule has 1 amide bonds. The number of anilines is 1. The molecule has 0 aliphatic carbocycles. The number of rotatable bonds is 4. The van der Waals surface area contributed by atoms with Gasteiger partial charge in [-0.2, -0.15) is 0 Å². The van der Waals surface area contributed by atoms with Gasteiger partial charge < -0.3 is 5.32 Å². The summed E-state index contributed by atoms with van der Waals surface area (Å²) in [5, 5.41) is 4.41. The number of carbonyl (C=O) groups is 1. The molecule has 0 saturated carbocycles. The topological polar surface area (TPSA) is 42.0 Å². The molecule has 4 aromatic rings. The third-order valence-corrected chi connectivity index (χ3v) is 5.46. The van der Waals surface area contributed by atoms with Crippen LogP contribution in [0, 0.1) is 6.92 Å². The Labute approximate surface area is 175 Å². The number of hydrogen-bond acceptors (Lipinski definition) is 2. The molecule has 0 aliphatic rings. The first-order chi connectivity index (χ1) is 14.0. The second-order valence-corrected chi connectivity index (χ2v) is 7.45. The van der Waals surface area contributed by atoms with Crippen molar-refractivity contribution in [2.45, 2.75) is 20.3 Å². The van der Waals surface area contributed by atoms with Crippen molar-refractivity contribution in [2.75, 3.05) is 5.32 Å². The van der Waals surface area contributed by atoms with Gasteiger partial charge in [0.05, 0.1) is 16.8 Å². The monoisotopic (exact) mass is 400 g/mol. The molecule has 0 saturated heterocycles. The summed E-state index contributed by atoms with van der Waals surface area (Å²) in [6.07, 6.45) is 0.984. The molecular weight excluding hydrogens is 380 g/mol. The predicted molar refractivity (Wildman–Crippen MR) is 121 cm³/mol. The van der Waals surface area contributed by atoms with Crippen LogP contribution in [0.25, 0.3) is 22.2 Å². The van der Waals surface area contributed by atoms with Crippen LogP contribution in [0.15, 0.2) is 72.8 Å². The Hall–Kier alpha value is -3.17. The summed E-state index contributed by atoms with van der Waals surface area (Å²) in [5.74, 6) is -0.185. The molecule has 29 heavy (non-hydrogen) atoms. The van der Waals surface area contributed by atoms with Gasteiger partial charge in [-0.3, -0.25) is 4.79 Å². The number of para-hydroxylation sites is 1.